The van der Waals surface area contributed by atoms with Crippen LogP contribution < -0.4 is 20.1 Å². The molecule has 8 heteroatoms. The molecule has 140 valence electrons. The van der Waals surface area contributed by atoms with Crippen LogP contribution in [0.5, 0.6) is 11.5 Å². The van der Waals surface area contributed by atoms with Crippen LogP contribution in [0.2, 0.25) is 0 Å². The zero-order chi connectivity index (χ0) is 18.9. The monoisotopic (exact) mass is 368 g/mol. The molecule has 3 aromatic rings. The van der Waals surface area contributed by atoms with Crippen molar-refractivity contribution in [1.82, 2.24) is 15.3 Å². The van der Waals surface area contributed by atoms with Gasteiger partial charge in [-0.05, 0) is 36.4 Å². The molecule has 0 radical (unpaired) electrons. The molecule has 27 heavy (non-hydrogen) atoms. The number of nitrogens with one attached hydrogen (secondary N) is 2. The van der Waals surface area contributed by atoms with E-state index in [0.29, 0.717) is 37.0 Å². The summed E-state index contributed by atoms with van der Waals surface area (Å²) in [7, 11) is 1.61. The fourth-order valence-corrected chi connectivity index (χ4v) is 2.22. The van der Waals surface area contributed by atoms with Crippen molar-refractivity contribution in [2.75, 3.05) is 25.6 Å². The molecule has 0 saturated heterocycles. The summed E-state index contributed by atoms with van der Waals surface area (Å²) in [5, 5.41) is 5.78. The Morgan fingerprint density at radius 1 is 1.11 bits per heavy atom. The highest BCUT2D eigenvalue weighted by Gasteiger charge is 2.07. The number of amides is 1. The van der Waals surface area contributed by atoms with Gasteiger partial charge in [-0.1, -0.05) is 0 Å². The number of ether oxygens (including phenoxy) is 2. The Kier molecular flexibility index (Phi) is 6.24. The van der Waals surface area contributed by atoms with E-state index in [4.69, 9.17) is 13.9 Å². The number of carbonyl (C=O) groups is 1. The van der Waals surface area contributed by atoms with E-state index in [1.54, 1.807) is 13.4 Å². The van der Waals surface area contributed by atoms with E-state index in [1.165, 1.54) is 12.4 Å². The highest BCUT2D eigenvalue weighted by molar-refractivity contribution is 5.93. The number of aromatic nitrogens is 2. The van der Waals surface area contributed by atoms with Crippen molar-refractivity contribution in [3.63, 3.8) is 0 Å². The summed E-state index contributed by atoms with van der Waals surface area (Å²) in [6.45, 7) is 1.19. The number of hydrogen-bond donors (Lipinski definition) is 2. The molecule has 0 bridgehead atoms. The maximum Gasteiger partial charge on any atom is 0.254 e. The molecule has 0 spiro atoms. The fraction of sp³-hybridized carbons (Fsp3) is 0.211. The van der Waals surface area contributed by atoms with Gasteiger partial charge in [-0.25, -0.2) is 9.97 Å². The maximum atomic E-state index is 12.1. The third-order valence-corrected chi connectivity index (χ3v) is 3.63. The minimum absolute atomic E-state index is 0.258. The summed E-state index contributed by atoms with van der Waals surface area (Å²) in [4.78, 5) is 20.3. The van der Waals surface area contributed by atoms with E-state index in [-0.39, 0.29) is 5.91 Å². The second kappa shape index (κ2) is 9.23. The Bertz CT molecular complexity index is 833. The van der Waals surface area contributed by atoms with Crippen LogP contribution in [-0.2, 0) is 6.54 Å². The zero-order valence-corrected chi connectivity index (χ0v) is 14.8. The van der Waals surface area contributed by atoms with E-state index in [9.17, 15) is 4.79 Å². The number of anilines is 1. The predicted molar refractivity (Wildman–Crippen MR) is 98.9 cm³/mol. The minimum Gasteiger partial charge on any atom is -0.497 e. The Labute approximate surface area is 156 Å². The average molecular weight is 368 g/mol. The highest BCUT2D eigenvalue weighted by Crippen LogP contribution is 2.16. The van der Waals surface area contributed by atoms with E-state index in [1.807, 2.05) is 36.4 Å². The van der Waals surface area contributed by atoms with Crippen molar-refractivity contribution in [3.05, 3.63) is 66.4 Å². The number of methoxy groups -OCH3 is 1. The number of carbonyl (C=O) groups excluding carboxylic acids is 1. The van der Waals surface area contributed by atoms with Crippen LogP contribution in [0.1, 0.15) is 16.1 Å². The van der Waals surface area contributed by atoms with Gasteiger partial charge in [-0.2, -0.15) is 0 Å². The van der Waals surface area contributed by atoms with E-state index >= 15 is 0 Å². The molecule has 8 nitrogen and oxygen atoms in total. The lowest BCUT2D eigenvalue weighted by atomic mass is 10.3. The van der Waals surface area contributed by atoms with Gasteiger partial charge in [0.05, 0.1) is 32.0 Å². The van der Waals surface area contributed by atoms with Crippen molar-refractivity contribution in [2.24, 2.45) is 0 Å². The third-order valence-electron chi connectivity index (χ3n) is 3.63. The number of hydrogen-bond acceptors (Lipinski definition) is 7. The predicted octanol–water partition coefficient (Wildman–Crippen LogP) is 2.50. The van der Waals surface area contributed by atoms with Crippen molar-refractivity contribution < 1.29 is 18.7 Å². The molecule has 2 heterocycles. The molecule has 0 fully saturated rings. The van der Waals surface area contributed by atoms with Crippen LogP contribution in [-0.4, -0.2) is 36.1 Å². The number of nitrogens with zero attached hydrogens (tertiary/aromatic N) is 2. The smallest absolute Gasteiger partial charge is 0.254 e. The second-order valence-corrected chi connectivity index (χ2v) is 5.51. The first-order valence-corrected chi connectivity index (χ1v) is 8.38. The molecule has 0 aliphatic carbocycles. The molecule has 3 rings (SSSR count). The summed E-state index contributed by atoms with van der Waals surface area (Å²) < 4.78 is 15.9. The zero-order valence-electron chi connectivity index (χ0n) is 14.8. The normalized spacial score (nSPS) is 10.3. The quantitative estimate of drug-likeness (QED) is 0.560. The van der Waals surface area contributed by atoms with Gasteiger partial charge in [0, 0.05) is 12.4 Å². The van der Waals surface area contributed by atoms with Gasteiger partial charge in [0.25, 0.3) is 5.91 Å². The lowest BCUT2D eigenvalue weighted by Gasteiger charge is -2.08. The van der Waals surface area contributed by atoms with E-state index < -0.39 is 0 Å². The van der Waals surface area contributed by atoms with Gasteiger partial charge >= 0.3 is 0 Å². The summed E-state index contributed by atoms with van der Waals surface area (Å²) in [5.41, 5.74) is 0.378. The Morgan fingerprint density at radius 3 is 2.52 bits per heavy atom. The van der Waals surface area contributed by atoms with E-state index in [0.717, 1.165) is 11.5 Å². The van der Waals surface area contributed by atoms with Crippen LogP contribution in [0.15, 0.2) is 59.5 Å². The van der Waals surface area contributed by atoms with Crippen molar-refractivity contribution in [3.8, 4) is 11.5 Å². The Hall–Kier alpha value is -3.55. The summed E-state index contributed by atoms with van der Waals surface area (Å²) in [6.07, 6.45) is 4.54. The molecule has 0 aliphatic rings. The standard InChI is InChI=1S/C19H20N4O4/c1-25-15-4-6-16(7-5-15)27-10-8-20-18(24)14-11-21-19(22-12-14)23-13-17-3-2-9-26-17/h2-7,9,11-12H,8,10,13H2,1H3,(H,20,24)(H,21,22,23). The summed E-state index contributed by atoms with van der Waals surface area (Å²) in [6, 6.07) is 10.9. The maximum absolute atomic E-state index is 12.1. The third kappa shape index (κ3) is 5.46. The van der Waals surface area contributed by atoms with Gasteiger partial charge in [0.1, 0.15) is 23.9 Å². The molecule has 0 aliphatic heterocycles. The Balaban J connectivity index is 1.39. The lowest BCUT2D eigenvalue weighted by molar-refractivity contribution is 0.0946. The first kappa shape index (κ1) is 18.2. The average Bonchev–Trinajstić information content (AvgIpc) is 3.24. The molecule has 0 atom stereocenters. The van der Waals surface area contributed by atoms with Gasteiger partial charge < -0.3 is 24.5 Å². The van der Waals surface area contributed by atoms with Crippen LogP contribution >= 0.6 is 0 Å². The van der Waals surface area contributed by atoms with Crippen molar-refractivity contribution >= 4 is 11.9 Å². The number of rotatable bonds is 9. The topological polar surface area (TPSA) is 98.5 Å². The lowest BCUT2D eigenvalue weighted by Crippen LogP contribution is -2.28. The Morgan fingerprint density at radius 2 is 1.85 bits per heavy atom. The molecule has 2 N–H and O–H groups in total. The SMILES string of the molecule is COc1ccc(OCCNC(=O)c2cnc(NCc3ccco3)nc2)cc1. The van der Waals surface area contributed by atoms with Gasteiger partial charge in [0.2, 0.25) is 5.95 Å². The fourth-order valence-electron chi connectivity index (χ4n) is 2.22. The number of benzene rings is 1. The van der Waals surface area contributed by atoms with Gasteiger partial charge in [0.15, 0.2) is 0 Å². The molecule has 2 aromatic heterocycles. The first-order valence-electron chi connectivity index (χ1n) is 8.38. The van der Waals surface area contributed by atoms with Gasteiger partial charge in [-0.15, -0.1) is 0 Å². The molecule has 1 aromatic carbocycles. The van der Waals surface area contributed by atoms with Crippen LogP contribution in [0.3, 0.4) is 0 Å². The highest BCUT2D eigenvalue weighted by atomic mass is 16.5. The summed E-state index contributed by atoms with van der Waals surface area (Å²) >= 11 is 0. The molecular weight excluding hydrogens is 348 g/mol. The minimum atomic E-state index is -0.258. The largest absolute Gasteiger partial charge is 0.497 e. The van der Waals surface area contributed by atoms with Gasteiger partial charge in [-0.3, -0.25) is 4.79 Å². The molecule has 0 unspecified atom stereocenters. The second-order valence-electron chi connectivity index (χ2n) is 5.51. The van der Waals surface area contributed by atoms with Crippen molar-refractivity contribution in [1.29, 1.82) is 0 Å². The van der Waals surface area contributed by atoms with Crippen LogP contribution in [0.25, 0.3) is 0 Å². The number of furan rings is 1. The van der Waals surface area contributed by atoms with Crippen LogP contribution in [0.4, 0.5) is 5.95 Å². The molecular formula is C19H20N4O4. The van der Waals surface area contributed by atoms with Crippen LogP contribution in [0, 0.1) is 0 Å². The first-order chi connectivity index (χ1) is 13.2. The van der Waals surface area contributed by atoms with E-state index in [2.05, 4.69) is 20.6 Å². The van der Waals surface area contributed by atoms with Crippen molar-refractivity contribution in [2.45, 2.75) is 6.54 Å². The molecule has 1 amide bonds. The molecule has 0 saturated carbocycles. The summed E-state index contributed by atoms with van der Waals surface area (Å²) in [5.74, 6) is 2.41.